The fraction of sp³-hybridized carbons (Fsp3) is 0.533. The molecule has 2 aromatic rings. The molecule has 4 nitrogen and oxygen atoms in total. The highest BCUT2D eigenvalue weighted by Crippen LogP contribution is 2.33. The van der Waals surface area contributed by atoms with E-state index in [0.717, 1.165) is 37.0 Å². The van der Waals surface area contributed by atoms with Crippen molar-refractivity contribution in [2.45, 2.75) is 31.7 Å². The lowest BCUT2D eigenvalue weighted by Gasteiger charge is -2.34. The van der Waals surface area contributed by atoms with E-state index in [2.05, 4.69) is 17.0 Å². The molecule has 2 heterocycles. The van der Waals surface area contributed by atoms with Gasteiger partial charge in [0.05, 0.1) is 5.69 Å². The number of halogens is 1. The number of fused-ring (bicyclic) bond motifs is 1. The zero-order valence-corrected chi connectivity index (χ0v) is 11.7. The van der Waals surface area contributed by atoms with Crippen LogP contribution in [-0.4, -0.2) is 35.7 Å². The Balaban J connectivity index is 1.77. The van der Waals surface area contributed by atoms with Crippen LogP contribution >= 0.6 is 0 Å². The molecule has 1 aliphatic heterocycles. The number of rotatable bonds is 3. The van der Waals surface area contributed by atoms with Crippen LogP contribution in [0, 0.1) is 5.82 Å². The van der Waals surface area contributed by atoms with Gasteiger partial charge in [-0.15, -0.1) is 0 Å². The van der Waals surface area contributed by atoms with Crippen LogP contribution in [-0.2, 0) is 0 Å². The van der Waals surface area contributed by atoms with Gasteiger partial charge in [0.25, 0.3) is 0 Å². The minimum atomic E-state index is -0.285. The highest BCUT2D eigenvalue weighted by molar-refractivity contribution is 5.79. The van der Waals surface area contributed by atoms with Gasteiger partial charge in [0, 0.05) is 30.0 Å². The first kappa shape index (κ1) is 13.5. The van der Waals surface area contributed by atoms with E-state index in [9.17, 15) is 4.39 Å². The maximum atomic E-state index is 13.2. The van der Waals surface area contributed by atoms with Crippen molar-refractivity contribution in [2.24, 2.45) is 5.73 Å². The maximum absolute atomic E-state index is 13.2. The molecule has 0 bridgehead atoms. The lowest BCUT2D eigenvalue weighted by molar-refractivity contribution is 0.163. The third-order valence-corrected chi connectivity index (χ3v) is 4.34. The highest BCUT2D eigenvalue weighted by atomic mass is 19.1. The van der Waals surface area contributed by atoms with Crippen LogP contribution in [0.2, 0.25) is 0 Å². The second-order valence-electron chi connectivity index (χ2n) is 5.60. The van der Waals surface area contributed by atoms with Gasteiger partial charge in [0.15, 0.2) is 5.58 Å². The summed E-state index contributed by atoms with van der Waals surface area (Å²) in [6.07, 6.45) is 2.09. The first-order valence-electron chi connectivity index (χ1n) is 7.18. The number of hydrogen-bond donors (Lipinski definition) is 1. The molecule has 0 saturated carbocycles. The Morgan fingerprint density at radius 2 is 2.20 bits per heavy atom. The molecular formula is C15H20FN3O. The normalized spacial score (nSPS) is 19.6. The van der Waals surface area contributed by atoms with Gasteiger partial charge >= 0.3 is 0 Å². The molecule has 0 amide bonds. The summed E-state index contributed by atoms with van der Waals surface area (Å²) in [6.45, 7) is 4.91. The molecule has 1 aromatic heterocycles. The number of likely N-dealkylation sites (tertiary alicyclic amines) is 1. The quantitative estimate of drug-likeness (QED) is 0.936. The van der Waals surface area contributed by atoms with Crippen LogP contribution in [0.3, 0.4) is 0 Å². The van der Waals surface area contributed by atoms with Crippen molar-refractivity contribution in [3.8, 4) is 0 Å². The lowest BCUT2D eigenvalue weighted by atomic mass is 9.91. The summed E-state index contributed by atoms with van der Waals surface area (Å²) in [7, 11) is 0. The minimum absolute atomic E-state index is 0.285. The topological polar surface area (TPSA) is 55.3 Å². The van der Waals surface area contributed by atoms with Crippen molar-refractivity contribution in [1.29, 1.82) is 0 Å². The van der Waals surface area contributed by atoms with Crippen molar-refractivity contribution >= 4 is 11.0 Å². The maximum Gasteiger partial charge on any atom is 0.170 e. The Morgan fingerprint density at radius 1 is 1.45 bits per heavy atom. The Kier molecular flexibility index (Phi) is 3.72. The van der Waals surface area contributed by atoms with Crippen LogP contribution in [0.1, 0.15) is 31.4 Å². The molecule has 1 aliphatic rings. The average molecular weight is 277 g/mol. The zero-order chi connectivity index (χ0) is 14.1. The van der Waals surface area contributed by atoms with Gasteiger partial charge in [0.2, 0.25) is 0 Å². The number of nitrogens with two attached hydrogens (primary N) is 1. The summed E-state index contributed by atoms with van der Waals surface area (Å²) >= 11 is 0. The molecule has 108 valence electrons. The van der Waals surface area contributed by atoms with Gasteiger partial charge < -0.3 is 10.3 Å². The van der Waals surface area contributed by atoms with Crippen molar-refractivity contribution in [1.82, 2.24) is 10.1 Å². The Labute approximate surface area is 117 Å². The van der Waals surface area contributed by atoms with Crippen LogP contribution in [0.15, 0.2) is 22.7 Å². The van der Waals surface area contributed by atoms with Crippen LogP contribution in [0.25, 0.3) is 11.0 Å². The molecule has 0 radical (unpaired) electrons. The molecule has 1 atom stereocenters. The fourth-order valence-corrected chi connectivity index (χ4v) is 2.99. The van der Waals surface area contributed by atoms with Crippen molar-refractivity contribution in [2.75, 3.05) is 19.6 Å². The van der Waals surface area contributed by atoms with E-state index in [1.807, 2.05) is 0 Å². The molecule has 1 aromatic carbocycles. The largest absolute Gasteiger partial charge is 0.356 e. The fourth-order valence-electron chi connectivity index (χ4n) is 2.99. The molecule has 1 saturated heterocycles. The molecule has 5 heteroatoms. The summed E-state index contributed by atoms with van der Waals surface area (Å²) in [5.41, 5.74) is 7.23. The number of hydrogen-bond acceptors (Lipinski definition) is 4. The molecule has 0 aliphatic carbocycles. The highest BCUT2D eigenvalue weighted by Gasteiger charge is 2.26. The second-order valence-corrected chi connectivity index (χ2v) is 5.60. The zero-order valence-electron chi connectivity index (χ0n) is 11.7. The average Bonchev–Trinajstić information content (AvgIpc) is 2.89. The molecular weight excluding hydrogens is 257 g/mol. The van der Waals surface area contributed by atoms with E-state index in [1.54, 1.807) is 6.07 Å². The Morgan fingerprint density at radius 3 is 2.90 bits per heavy atom. The van der Waals surface area contributed by atoms with Crippen molar-refractivity contribution in [3.63, 3.8) is 0 Å². The van der Waals surface area contributed by atoms with Crippen LogP contribution in [0.4, 0.5) is 4.39 Å². The van der Waals surface area contributed by atoms with Crippen molar-refractivity contribution < 1.29 is 8.91 Å². The lowest BCUT2D eigenvalue weighted by Crippen LogP contribution is -2.43. The smallest absolute Gasteiger partial charge is 0.170 e. The monoisotopic (exact) mass is 277 g/mol. The summed E-state index contributed by atoms with van der Waals surface area (Å²) in [6, 6.07) is 5.07. The number of benzene rings is 1. The number of piperidine rings is 1. The van der Waals surface area contributed by atoms with E-state index < -0.39 is 0 Å². The van der Waals surface area contributed by atoms with Crippen LogP contribution < -0.4 is 5.73 Å². The van der Waals surface area contributed by atoms with Gasteiger partial charge in [0.1, 0.15) is 5.82 Å². The number of nitrogens with zero attached hydrogens (tertiary/aromatic N) is 2. The van der Waals surface area contributed by atoms with E-state index in [1.165, 1.54) is 12.1 Å². The Bertz CT molecular complexity index is 590. The first-order chi connectivity index (χ1) is 9.69. The molecule has 0 spiro atoms. The van der Waals surface area contributed by atoms with Crippen LogP contribution in [0.5, 0.6) is 0 Å². The van der Waals surface area contributed by atoms with E-state index >= 15 is 0 Å². The molecule has 3 rings (SSSR count). The van der Waals surface area contributed by atoms with Gasteiger partial charge in [-0.1, -0.05) is 5.16 Å². The number of aromatic nitrogens is 1. The molecule has 1 unspecified atom stereocenters. The molecule has 20 heavy (non-hydrogen) atoms. The second kappa shape index (κ2) is 5.50. The van der Waals surface area contributed by atoms with E-state index in [-0.39, 0.29) is 5.82 Å². The van der Waals surface area contributed by atoms with Gasteiger partial charge in [-0.25, -0.2) is 4.39 Å². The summed E-state index contributed by atoms with van der Waals surface area (Å²) in [5, 5.41) is 5.11. The molecule has 1 fully saturated rings. The van der Waals surface area contributed by atoms with E-state index in [4.69, 9.17) is 10.3 Å². The third-order valence-electron chi connectivity index (χ3n) is 4.34. The first-order valence-corrected chi connectivity index (χ1v) is 7.18. The van der Waals surface area contributed by atoms with Gasteiger partial charge in [-0.3, -0.25) is 4.90 Å². The predicted octanol–water partition coefficient (Wildman–Crippen LogP) is 2.49. The standard InChI is InChI=1S/C15H20FN3O/c1-10(9-17)19-6-4-11(5-7-19)15-13-3-2-12(16)8-14(13)20-18-15/h2-3,8,10-11H,4-7,9,17H2,1H3. The van der Waals surface area contributed by atoms with E-state index in [0.29, 0.717) is 24.1 Å². The predicted molar refractivity (Wildman–Crippen MR) is 76.0 cm³/mol. The summed E-state index contributed by atoms with van der Waals surface area (Å²) in [5.74, 6) is 0.106. The summed E-state index contributed by atoms with van der Waals surface area (Å²) < 4.78 is 18.4. The third kappa shape index (κ3) is 2.43. The SMILES string of the molecule is CC(CN)N1CCC(c2noc3cc(F)ccc23)CC1. The van der Waals surface area contributed by atoms with Gasteiger partial charge in [-0.05, 0) is 45.0 Å². The Hall–Kier alpha value is -1.46. The minimum Gasteiger partial charge on any atom is -0.356 e. The van der Waals surface area contributed by atoms with Crippen molar-refractivity contribution in [3.05, 3.63) is 29.7 Å². The summed E-state index contributed by atoms with van der Waals surface area (Å²) in [4.78, 5) is 2.42. The molecule has 2 N–H and O–H groups in total. The van der Waals surface area contributed by atoms with Gasteiger partial charge in [-0.2, -0.15) is 0 Å².